The average molecular weight is 348 g/mol. The number of carbonyl (C=O) groups is 1. The first-order valence-electron chi connectivity index (χ1n) is 8.07. The summed E-state index contributed by atoms with van der Waals surface area (Å²) in [6, 6.07) is 9.79. The highest BCUT2D eigenvalue weighted by molar-refractivity contribution is 7.13. The highest BCUT2D eigenvalue weighted by atomic mass is 32.1. The van der Waals surface area contributed by atoms with Crippen LogP contribution in [0.5, 0.6) is 0 Å². The summed E-state index contributed by atoms with van der Waals surface area (Å²) in [6.45, 7) is 2.21. The van der Waals surface area contributed by atoms with Crippen LogP contribution in [0.4, 0.5) is 8.78 Å². The molecule has 1 aromatic heterocycles. The molecule has 3 nitrogen and oxygen atoms in total. The molecule has 1 saturated heterocycles. The first kappa shape index (κ1) is 15.7. The van der Waals surface area contributed by atoms with Gasteiger partial charge in [-0.25, -0.2) is 13.8 Å². The van der Waals surface area contributed by atoms with E-state index in [2.05, 4.69) is 4.98 Å². The van der Waals surface area contributed by atoms with E-state index in [-0.39, 0.29) is 18.9 Å². The number of thiazole rings is 1. The molecule has 2 fully saturated rings. The predicted molar refractivity (Wildman–Crippen MR) is 89.0 cm³/mol. The highest BCUT2D eigenvalue weighted by Gasteiger charge is 2.78. The van der Waals surface area contributed by atoms with E-state index in [1.807, 2.05) is 35.7 Å². The van der Waals surface area contributed by atoms with E-state index >= 15 is 0 Å². The van der Waals surface area contributed by atoms with E-state index in [1.165, 1.54) is 11.3 Å². The van der Waals surface area contributed by atoms with Gasteiger partial charge in [0.05, 0.1) is 18.0 Å². The lowest BCUT2D eigenvalue weighted by Crippen LogP contribution is -2.39. The molecule has 1 aliphatic heterocycles. The minimum atomic E-state index is -2.62. The second-order valence-corrected chi connectivity index (χ2v) is 7.73. The Bertz CT molecular complexity index is 776. The van der Waals surface area contributed by atoms with Crippen LogP contribution in [-0.4, -0.2) is 34.8 Å². The van der Waals surface area contributed by atoms with Gasteiger partial charge in [0.15, 0.2) is 0 Å². The minimum absolute atomic E-state index is 0.107. The van der Waals surface area contributed by atoms with Crippen LogP contribution < -0.4 is 0 Å². The number of alkyl halides is 2. The Morgan fingerprint density at radius 3 is 2.83 bits per heavy atom. The monoisotopic (exact) mass is 348 g/mol. The lowest BCUT2D eigenvalue weighted by molar-refractivity contribution is -0.131. The number of benzene rings is 1. The van der Waals surface area contributed by atoms with Crippen LogP contribution in [0.25, 0.3) is 10.6 Å². The first-order chi connectivity index (χ1) is 11.4. The van der Waals surface area contributed by atoms with E-state index < -0.39 is 17.3 Å². The van der Waals surface area contributed by atoms with E-state index in [0.29, 0.717) is 18.7 Å². The van der Waals surface area contributed by atoms with Crippen LogP contribution in [0.15, 0.2) is 35.7 Å². The zero-order valence-corrected chi connectivity index (χ0v) is 14.2. The van der Waals surface area contributed by atoms with Crippen LogP contribution >= 0.6 is 11.3 Å². The Balaban J connectivity index is 1.42. The minimum Gasteiger partial charge on any atom is -0.342 e. The summed E-state index contributed by atoms with van der Waals surface area (Å²) in [6.07, 6.45) is 0.557. The van der Waals surface area contributed by atoms with Gasteiger partial charge in [0.2, 0.25) is 5.91 Å². The summed E-state index contributed by atoms with van der Waals surface area (Å²) in [7, 11) is 0. The molecule has 126 valence electrons. The Hall–Kier alpha value is -1.82. The second kappa shape index (κ2) is 5.34. The summed E-state index contributed by atoms with van der Waals surface area (Å²) >= 11 is 1.50. The molecule has 0 N–H and O–H groups in total. The molecule has 6 heteroatoms. The molecule has 1 aromatic carbocycles. The summed E-state index contributed by atoms with van der Waals surface area (Å²) < 4.78 is 27.6. The number of fused-ring (bicyclic) bond motifs is 1. The van der Waals surface area contributed by atoms with Gasteiger partial charge in [0.1, 0.15) is 5.01 Å². The van der Waals surface area contributed by atoms with Gasteiger partial charge in [-0.1, -0.05) is 37.3 Å². The van der Waals surface area contributed by atoms with Gasteiger partial charge in [-0.15, -0.1) is 11.3 Å². The molecular weight excluding hydrogens is 330 g/mol. The molecule has 24 heavy (non-hydrogen) atoms. The van der Waals surface area contributed by atoms with Crippen molar-refractivity contribution in [1.29, 1.82) is 0 Å². The summed E-state index contributed by atoms with van der Waals surface area (Å²) in [5, 5.41) is 2.75. The maximum absolute atomic E-state index is 13.8. The molecule has 0 bridgehead atoms. The van der Waals surface area contributed by atoms with Crippen molar-refractivity contribution in [3.8, 4) is 10.6 Å². The zero-order valence-electron chi connectivity index (χ0n) is 13.3. The van der Waals surface area contributed by atoms with Gasteiger partial charge in [0, 0.05) is 29.4 Å². The normalized spacial score (nSPS) is 27.6. The first-order valence-corrected chi connectivity index (χ1v) is 8.95. The molecule has 2 heterocycles. The number of aromatic nitrogens is 1. The molecule has 0 spiro atoms. The SMILES string of the molecule is C[C@@]12CCN(C(=O)Cc3csc(-c4ccccc4)n3)C[C@@H]1C2(F)F. The fraction of sp³-hybridized carbons (Fsp3) is 0.444. The lowest BCUT2D eigenvalue weighted by Gasteiger charge is -2.28. The third-order valence-corrected chi connectivity index (χ3v) is 6.39. The van der Waals surface area contributed by atoms with Crippen LogP contribution in [0.2, 0.25) is 0 Å². The van der Waals surface area contributed by atoms with Crippen molar-refractivity contribution in [2.75, 3.05) is 13.1 Å². The topological polar surface area (TPSA) is 33.2 Å². The predicted octanol–water partition coefficient (Wildman–Crippen LogP) is 3.86. The molecule has 2 atom stereocenters. The quantitative estimate of drug-likeness (QED) is 0.844. The van der Waals surface area contributed by atoms with Crippen molar-refractivity contribution in [3.05, 3.63) is 41.4 Å². The third kappa shape index (κ3) is 2.35. The van der Waals surface area contributed by atoms with Gasteiger partial charge < -0.3 is 4.90 Å². The van der Waals surface area contributed by atoms with Crippen LogP contribution in [-0.2, 0) is 11.2 Å². The van der Waals surface area contributed by atoms with Crippen molar-refractivity contribution >= 4 is 17.2 Å². The molecule has 1 aliphatic carbocycles. The lowest BCUT2D eigenvalue weighted by atomic mass is 9.97. The number of hydrogen-bond donors (Lipinski definition) is 0. The van der Waals surface area contributed by atoms with Crippen molar-refractivity contribution in [2.24, 2.45) is 11.3 Å². The molecule has 2 aliphatic rings. The highest BCUT2D eigenvalue weighted by Crippen LogP contribution is 2.69. The fourth-order valence-electron chi connectivity index (χ4n) is 3.60. The van der Waals surface area contributed by atoms with Crippen molar-refractivity contribution in [2.45, 2.75) is 25.7 Å². The summed E-state index contributed by atoms with van der Waals surface area (Å²) in [5.41, 5.74) is 0.831. The van der Waals surface area contributed by atoms with E-state index in [0.717, 1.165) is 10.6 Å². The van der Waals surface area contributed by atoms with Crippen LogP contribution in [0.1, 0.15) is 19.0 Å². The molecule has 1 saturated carbocycles. The van der Waals surface area contributed by atoms with Gasteiger partial charge in [0.25, 0.3) is 5.92 Å². The van der Waals surface area contributed by atoms with Crippen LogP contribution in [0, 0.1) is 11.3 Å². The standard InChI is InChI=1S/C18H18F2N2OS/c1-17-7-8-22(10-14(17)18(17,19)20)15(23)9-13-11-24-16(21-13)12-5-3-2-4-6-12/h2-6,11,14H,7-10H2,1H3/t14-,17+/m0/s1. The van der Waals surface area contributed by atoms with Crippen molar-refractivity contribution in [1.82, 2.24) is 9.88 Å². The molecular formula is C18H18F2N2OS. The Morgan fingerprint density at radius 2 is 2.12 bits per heavy atom. The molecule has 4 rings (SSSR count). The maximum Gasteiger partial charge on any atom is 0.259 e. The Kier molecular flexibility index (Phi) is 3.49. The van der Waals surface area contributed by atoms with E-state index in [4.69, 9.17) is 0 Å². The number of nitrogens with zero attached hydrogens (tertiary/aromatic N) is 2. The molecule has 0 radical (unpaired) electrons. The van der Waals surface area contributed by atoms with Gasteiger partial charge in [-0.05, 0) is 6.42 Å². The Morgan fingerprint density at radius 1 is 1.38 bits per heavy atom. The van der Waals surface area contributed by atoms with Gasteiger partial charge >= 0.3 is 0 Å². The number of amides is 1. The summed E-state index contributed by atoms with van der Waals surface area (Å²) in [4.78, 5) is 18.5. The largest absolute Gasteiger partial charge is 0.342 e. The smallest absolute Gasteiger partial charge is 0.259 e. The van der Waals surface area contributed by atoms with Crippen LogP contribution in [0.3, 0.4) is 0 Å². The third-order valence-electron chi connectivity index (χ3n) is 5.45. The molecule has 0 unspecified atom stereocenters. The second-order valence-electron chi connectivity index (χ2n) is 6.87. The Labute approximate surface area is 143 Å². The molecule has 2 aromatic rings. The van der Waals surface area contributed by atoms with E-state index in [1.54, 1.807) is 11.8 Å². The van der Waals surface area contributed by atoms with Crippen molar-refractivity contribution in [3.63, 3.8) is 0 Å². The molecule has 1 amide bonds. The van der Waals surface area contributed by atoms with Crippen molar-refractivity contribution < 1.29 is 13.6 Å². The van der Waals surface area contributed by atoms with Gasteiger partial charge in [-0.3, -0.25) is 4.79 Å². The average Bonchev–Trinajstić information content (AvgIpc) is 2.91. The fourth-order valence-corrected chi connectivity index (χ4v) is 4.43. The number of carbonyl (C=O) groups excluding carboxylic acids is 1. The van der Waals surface area contributed by atoms with E-state index in [9.17, 15) is 13.6 Å². The number of hydrogen-bond acceptors (Lipinski definition) is 3. The number of rotatable bonds is 3. The summed E-state index contributed by atoms with van der Waals surface area (Å²) in [5.74, 6) is -3.41. The van der Waals surface area contributed by atoms with Gasteiger partial charge in [-0.2, -0.15) is 0 Å². The number of halogens is 2. The zero-order chi connectivity index (χ0) is 16.9. The number of likely N-dealkylation sites (tertiary alicyclic amines) is 1. The maximum atomic E-state index is 13.8. The number of piperidine rings is 1.